The van der Waals surface area contributed by atoms with Gasteiger partial charge in [0.15, 0.2) is 0 Å². The molecular weight excluding hydrogens is 380 g/mol. The lowest BCUT2D eigenvalue weighted by Crippen LogP contribution is -2.37. The fourth-order valence-electron chi connectivity index (χ4n) is 6.80. The van der Waals surface area contributed by atoms with E-state index in [2.05, 4.69) is 32.9 Å². The van der Waals surface area contributed by atoms with Crippen LogP contribution in [0.3, 0.4) is 0 Å². The second-order valence-corrected chi connectivity index (χ2v) is 11.4. The van der Waals surface area contributed by atoms with Gasteiger partial charge in [-0.2, -0.15) is 0 Å². The van der Waals surface area contributed by atoms with Gasteiger partial charge in [-0.25, -0.2) is 4.79 Å². The molecule has 0 unspecified atom stereocenters. The Morgan fingerprint density at radius 2 is 1.97 bits per heavy atom. The highest BCUT2D eigenvalue weighted by Crippen LogP contribution is 2.61. The molecule has 4 aliphatic rings. The van der Waals surface area contributed by atoms with Gasteiger partial charge in [-0.15, -0.1) is 0 Å². The van der Waals surface area contributed by atoms with Crippen LogP contribution in [0, 0.1) is 35.0 Å². The van der Waals surface area contributed by atoms with Crippen LogP contribution in [0.15, 0.2) is 23.3 Å². The smallest absolute Gasteiger partial charge is 0.336 e. The van der Waals surface area contributed by atoms with E-state index in [0.717, 1.165) is 25.7 Å². The number of rotatable bonds is 5. The third kappa shape index (κ3) is 3.47. The molecule has 3 N–H and O–H groups in total. The van der Waals surface area contributed by atoms with Gasteiger partial charge in [-0.1, -0.05) is 38.5 Å². The molecule has 30 heavy (non-hydrogen) atoms. The Hall–Kier alpha value is -1.17. The van der Waals surface area contributed by atoms with E-state index >= 15 is 0 Å². The minimum atomic E-state index is -1.31. The standard InChI is InChI=1S/C25H38O5/c1-14(6-9-20(26)23(3,4)28)16-10-11-24(5)13-18-15(2)12-25(29)21(18)17(22(27)30-25)7-8-19(16)24/h7,10,14-15,18-21,26,28-29H,6,8-9,11-13H2,1-5H3/b17-7+/t14-,15+,18+,19+,20-,21+,24-,25-/m1/s1. The summed E-state index contributed by atoms with van der Waals surface area (Å²) in [5.41, 5.74) is 1.13. The number of allylic oxidation sites excluding steroid dienone is 3. The molecule has 0 spiro atoms. The number of carbonyl (C=O) groups excluding carboxylic acids is 1. The minimum Gasteiger partial charge on any atom is -0.429 e. The van der Waals surface area contributed by atoms with Gasteiger partial charge < -0.3 is 20.1 Å². The van der Waals surface area contributed by atoms with Crippen molar-refractivity contribution in [2.45, 2.75) is 90.6 Å². The molecule has 1 saturated carbocycles. The maximum absolute atomic E-state index is 12.5. The predicted octanol–water partition coefficient (Wildman–Crippen LogP) is 3.72. The van der Waals surface area contributed by atoms with Gasteiger partial charge in [0.2, 0.25) is 5.79 Å². The van der Waals surface area contributed by atoms with Crippen LogP contribution in [-0.2, 0) is 9.53 Å². The highest BCUT2D eigenvalue weighted by Gasteiger charge is 2.63. The molecule has 1 heterocycles. The van der Waals surface area contributed by atoms with E-state index in [0.29, 0.717) is 36.2 Å². The number of ether oxygens (including phenoxy) is 1. The van der Waals surface area contributed by atoms with Crippen molar-refractivity contribution in [2.75, 3.05) is 0 Å². The van der Waals surface area contributed by atoms with Gasteiger partial charge in [-0.3, -0.25) is 0 Å². The second kappa shape index (κ2) is 7.18. The summed E-state index contributed by atoms with van der Waals surface area (Å²) in [6.07, 6.45) is 8.40. The summed E-state index contributed by atoms with van der Waals surface area (Å²) in [5.74, 6) is -0.610. The lowest BCUT2D eigenvalue weighted by atomic mass is 9.63. The summed E-state index contributed by atoms with van der Waals surface area (Å²) in [7, 11) is 0. The van der Waals surface area contributed by atoms with Crippen molar-refractivity contribution >= 4 is 5.97 Å². The summed E-state index contributed by atoms with van der Waals surface area (Å²) in [6, 6.07) is 0. The van der Waals surface area contributed by atoms with E-state index in [1.165, 1.54) is 5.57 Å². The summed E-state index contributed by atoms with van der Waals surface area (Å²) >= 11 is 0. The van der Waals surface area contributed by atoms with Crippen LogP contribution in [-0.4, -0.2) is 38.8 Å². The zero-order chi connectivity index (χ0) is 22.1. The molecule has 0 radical (unpaired) electrons. The average molecular weight is 419 g/mol. The molecule has 168 valence electrons. The van der Waals surface area contributed by atoms with Crippen molar-refractivity contribution in [3.05, 3.63) is 23.3 Å². The summed E-state index contributed by atoms with van der Waals surface area (Å²) < 4.78 is 5.48. The summed E-state index contributed by atoms with van der Waals surface area (Å²) in [5, 5.41) is 31.3. The Balaban J connectivity index is 1.56. The predicted molar refractivity (Wildman–Crippen MR) is 114 cm³/mol. The fraction of sp³-hybridized carbons (Fsp3) is 0.800. The molecule has 2 fully saturated rings. The number of esters is 1. The Morgan fingerprint density at radius 1 is 1.27 bits per heavy atom. The van der Waals surface area contributed by atoms with Crippen LogP contribution in [0.25, 0.3) is 0 Å². The van der Waals surface area contributed by atoms with E-state index < -0.39 is 17.5 Å². The van der Waals surface area contributed by atoms with E-state index in [1.54, 1.807) is 13.8 Å². The molecule has 5 nitrogen and oxygen atoms in total. The maximum Gasteiger partial charge on any atom is 0.336 e. The third-order valence-corrected chi connectivity index (χ3v) is 8.68. The maximum atomic E-state index is 12.5. The molecule has 4 rings (SSSR count). The molecular formula is C25H38O5. The summed E-state index contributed by atoms with van der Waals surface area (Å²) in [6.45, 7) is 10.0. The number of carbonyl (C=O) groups is 1. The summed E-state index contributed by atoms with van der Waals surface area (Å²) in [4.78, 5) is 12.5. The van der Waals surface area contributed by atoms with Crippen molar-refractivity contribution in [1.29, 1.82) is 0 Å². The van der Waals surface area contributed by atoms with Gasteiger partial charge >= 0.3 is 5.97 Å². The SMILES string of the molecule is C[C@H](CC[C@@H](O)C(C)(C)O)C1=CC[C@]2(C)C[C@H]3[C@@H](C)C[C@@]4(O)OC(=O)/C(=C/C[C@@H]12)[C@@H]34. The van der Waals surface area contributed by atoms with Crippen molar-refractivity contribution in [3.63, 3.8) is 0 Å². The van der Waals surface area contributed by atoms with Crippen molar-refractivity contribution < 1.29 is 24.9 Å². The van der Waals surface area contributed by atoms with E-state index in [4.69, 9.17) is 4.74 Å². The van der Waals surface area contributed by atoms with Crippen molar-refractivity contribution in [3.8, 4) is 0 Å². The van der Waals surface area contributed by atoms with E-state index in [1.807, 2.05) is 0 Å². The third-order valence-electron chi connectivity index (χ3n) is 8.68. The molecule has 0 amide bonds. The normalized spacial score (nSPS) is 44.2. The first-order valence-electron chi connectivity index (χ1n) is 11.6. The molecule has 3 aliphatic carbocycles. The number of hydrogen-bond acceptors (Lipinski definition) is 5. The highest BCUT2D eigenvalue weighted by molar-refractivity contribution is 5.92. The quantitative estimate of drug-likeness (QED) is 0.468. The first-order valence-corrected chi connectivity index (χ1v) is 11.6. The largest absolute Gasteiger partial charge is 0.429 e. The zero-order valence-corrected chi connectivity index (χ0v) is 19.0. The Morgan fingerprint density at radius 3 is 2.63 bits per heavy atom. The van der Waals surface area contributed by atoms with E-state index in [9.17, 15) is 20.1 Å². The van der Waals surface area contributed by atoms with Crippen LogP contribution >= 0.6 is 0 Å². The van der Waals surface area contributed by atoms with E-state index in [-0.39, 0.29) is 23.2 Å². The lowest BCUT2D eigenvalue weighted by molar-refractivity contribution is -0.196. The Kier molecular flexibility index (Phi) is 5.27. The topological polar surface area (TPSA) is 87.0 Å². The minimum absolute atomic E-state index is 0.107. The first-order chi connectivity index (χ1) is 13.9. The number of hydrogen-bond donors (Lipinski definition) is 3. The highest BCUT2D eigenvalue weighted by atomic mass is 16.7. The van der Waals surface area contributed by atoms with Gasteiger partial charge in [0.1, 0.15) is 0 Å². The van der Waals surface area contributed by atoms with Gasteiger partial charge in [0.25, 0.3) is 0 Å². The van der Waals surface area contributed by atoms with Crippen molar-refractivity contribution in [1.82, 2.24) is 0 Å². The molecule has 1 saturated heterocycles. The number of fused-ring (bicyclic) bond motifs is 1. The van der Waals surface area contributed by atoms with Gasteiger partial charge in [0.05, 0.1) is 17.6 Å². The van der Waals surface area contributed by atoms with Gasteiger partial charge in [0, 0.05) is 12.0 Å². The number of aliphatic hydroxyl groups is 3. The molecule has 0 aromatic carbocycles. The second-order valence-electron chi connectivity index (χ2n) is 11.4. The molecule has 5 heteroatoms. The Labute approximate surface area is 180 Å². The zero-order valence-electron chi connectivity index (χ0n) is 19.0. The van der Waals surface area contributed by atoms with Crippen LogP contribution in [0.1, 0.15) is 73.1 Å². The first kappa shape index (κ1) is 22.0. The lowest BCUT2D eigenvalue weighted by Gasteiger charge is -2.41. The molecule has 1 aliphatic heterocycles. The molecule has 8 atom stereocenters. The van der Waals surface area contributed by atoms with Crippen LogP contribution < -0.4 is 0 Å². The monoisotopic (exact) mass is 418 g/mol. The Bertz CT molecular complexity index is 777. The molecule has 0 aromatic heterocycles. The van der Waals surface area contributed by atoms with Crippen LogP contribution in [0.2, 0.25) is 0 Å². The molecule has 0 bridgehead atoms. The fourth-order valence-corrected chi connectivity index (χ4v) is 6.80. The van der Waals surface area contributed by atoms with Crippen molar-refractivity contribution in [2.24, 2.45) is 35.0 Å². The number of aliphatic hydroxyl groups excluding tert-OH is 1. The molecule has 0 aromatic rings. The van der Waals surface area contributed by atoms with Crippen LogP contribution in [0.4, 0.5) is 0 Å². The average Bonchev–Trinajstić information content (AvgIpc) is 3.14. The van der Waals surface area contributed by atoms with Gasteiger partial charge in [-0.05, 0) is 75.0 Å². The van der Waals surface area contributed by atoms with Crippen LogP contribution in [0.5, 0.6) is 0 Å².